The molecule has 200 valence electrons. The normalized spacial score (nSPS) is 11.0. The summed E-state index contributed by atoms with van der Waals surface area (Å²) in [4.78, 5) is 29.4. The van der Waals surface area contributed by atoms with Crippen molar-refractivity contribution in [3.8, 4) is 28.4 Å². The zero-order valence-electron chi connectivity index (χ0n) is 21.6. The van der Waals surface area contributed by atoms with Crippen molar-refractivity contribution in [1.29, 1.82) is 0 Å². The van der Waals surface area contributed by atoms with Crippen LogP contribution in [0.2, 0.25) is 0 Å². The summed E-state index contributed by atoms with van der Waals surface area (Å²) >= 11 is 3.62. The van der Waals surface area contributed by atoms with Gasteiger partial charge in [-0.3, -0.25) is 4.79 Å². The fraction of sp³-hybridized carbons (Fsp3) is 0.0645. The number of H-pyrrole nitrogens is 1. The van der Waals surface area contributed by atoms with Gasteiger partial charge in [-0.25, -0.2) is 10.2 Å². The fourth-order valence-corrected chi connectivity index (χ4v) is 4.81. The van der Waals surface area contributed by atoms with E-state index in [1.165, 1.54) is 13.3 Å². The summed E-state index contributed by atoms with van der Waals surface area (Å²) in [6.45, 7) is 0. The predicted octanol–water partition coefficient (Wildman–Crippen LogP) is 6.60. The van der Waals surface area contributed by atoms with Crippen LogP contribution < -0.4 is 19.6 Å². The van der Waals surface area contributed by atoms with Crippen LogP contribution in [0.1, 0.15) is 26.4 Å². The van der Waals surface area contributed by atoms with Crippen LogP contribution in [0.4, 0.5) is 0 Å². The number of aromatic nitrogens is 1. The van der Waals surface area contributed by atoms with E-state index in [-0.39, 0.29) is 5.75 Å². The highest BCUT2D eigenvalue weighted by Gasteiger charge is 2.23. The van der Waals surface area contributed by atoms with E-state index in [2.05, 4.69) is 31.4 Å². The lowest BCUT2D eigenvalue weighted by Crippen LogP contribution is -2.19. The third kappa shape index (κ3) is 5.45. The van der Waals surface area contributed by atoms with Gasteiger partial charge >= 0.3 is 5.97 Å². The van der Waals surface area contributed by atoms with Gasteiger partial charge in [-0.15, -0.1) is 0 Å². The third-order valence-electron chi connectivity index (χ3n) is 6.17. The second-order valence-electron chi connectivity index (χ2n) is 8.60. The lowest BCUT2D eigenvalue weighted by atomic mass is 10.0. The number of hydrazone groups is 1. The van der Waals surface area contributed by atoms with Gasteiger partial charge in [0.25, 0.3) is 5.91 Å². The summed E-state index contributed by atoms with van der Waals surface area (Å²) in [6, 6.07) is 26.9. The zero-order valence-corrected chi connectivity index (χ0v) is 23.2. The predicted molar refractivity (Wildman–Crippen MR) is 157 cm³/mol. The van der Waals surface area contributed by atoms with E-state index in [9.17, 15) is 9.59 Å². The second-order valence-corrected chi connectivity index (χ2v) is 9.45. The average Bonchev–Trinajstić information content (AvgIpc) is 3.40. The van der Waals surface area contributed by atoms with Gasteiger partial charge in [-0.05, 0) is 48.0 Å². The Kier molecular flexibility index (Phi) is 7.93. The van der Waals surface area contributed by atoms with Gasteiger partial charge in [0.05, 0.1) is 31.5 Å². The lowest BCUT2D eigenvalue weighted by molar-refractivity contribution is 0.0733. The Morgan fingerprint density at radius 3 is 2.42 bits per heavy atom. The van der Waals surface area contributed by atoms with E-state index >= 15 is 0 Å². The van der Waals surface area contributed by atoms with Gasteiger partial charge in [0, 0.05) is 21.0 Å². The molecule has 1 heterocycles. The van der Waals surface area contributed by atoms with E-state index in [1.54, 1.807) is 55.6 Å². The Labute approximate surface area is 238 Å². The Hall–Kier alpha value is -4.89. The number of hydrogen-bond donors (Lipinski definition) is 2. The van der Waals surface area contributed by atoms with Crippen molar-refractivity contribution in [3.63, 3.8) is 0 Å². The Bertz CT molecular complexity index is 1730. The molecular weight excluding hydrogens is 574 g/mol. The number of rotatable bonds is 8. The lowest BCUT2D eigenvalue weighted by Gasteiger charge is -2.08. The number of para-hydroxylation sites is 1. The van der Waals surface area contributed by atoms with E-state index in [4.69, 9.17) is 14.2 Å². The number of nitrogens with zero attached hydrogens (tertiary/aromatic N) is 1. The van der Waals surface area contributed by atoms with Gasteiger partial charge in [-0.1, -0.05) is 64.5 Å². The van der Waals surface area contributed by atoms with Crippen molar-refractivity contribution >= 4 is 44.9 Å². The molecule has 0 aliphatic carbocycles. The number of amides is 1. The van der Waals surface area contributed by atoms with Crippen molar-refractivity contribution in [2.24, 2.45) is 5.10 Å². The summed E-state index contributed by atoms with van der Waals surface area (Å²) in [7, 11) is 3.10. The molecule has 0 unspecified atom stereocenters. The van der Waals surface area contributed by atoms with Crippen LogP contribution in [0.25, 0.3) is 22.0 Å². The van der Waals surface area contributed by atoms with Gasteiger partial charge < -0.3 is 19.2 Å². The first-order chi connectivity index (χ1) is 19.5. The number of methoxy groups -OCH3 is 2. The molecule has 0 saturated heterocycles. The van der Waals surface area contributed by atoms with Gasteiger partial charge in [0.2, 0.25) is 0 Å². The molecule has 8 nitrogen and oxygen atoms in total. The SMILES string of the molecule is COc1cccc(C(=O)Oc2ccccc2C=NNC(=O)c2[nH]c3c(OC)ccc(Br)c3c2-c2ccccc2)c1. The Balaban J connectivity index is 1.42. The van der Waals surface area contributed by atoms with E-state index in [1.807, 2.05) is 42.5 Å². The number of carbonyl (C=O) groups excluding carboxylic acids is 2. The molecule has 5 rings (SSSR count). The number of aromatic amines is 1. The number of fused-ring (bicyclic) bond motifs is 1. The van der Waals surface area contributed by atoms with E-state index in [0.29, 0.717) is 39.4 Å². The maximum absolute atomic E-state index is 13.4. The van der Waals surface area contributed by atoms with Gasteiger partial charge in [-0.2, -0.15) is 5.10 Å². The smallest absolute Gasteiger partial charge is 0.343 e. The van der Waals surface area contributed by atoms with Crippen LogP contribution in [0.3, 0.4) is 0 Å². The number of hydrogen-bond acceptors (Lipinski definition) is 6. The molecule has 0 bridgehead atoms. The van der Waals surface area contributed by atoms with Gasteiger partial charge in [0.1, 0.15) is 22.9 Å². The van der Waals surface area contributed by atoms with Crippen LogP contribution in [0.5, 0.6) is 17.2 Å². The molecule has 0 aliphatic rings. The maximum atomic E-state index is 13.4. The minimum absolute atomic E-state index is 0.289. The Morgan fingerprint density at radius 2 is 1.65 bits per heavy atom. The molecule has 0 aliphatic heterocycles. The Morgan fingerprint density at radius 1 is 0.875 bits per heavy atom. The number of carbonyl (C=O) groups is 2. The minimum Gasteiger partial charge on any atom is -0.497 e. The van der Waals surface area contributed by atoms with Crippen molar-refractivity contribution < 1.29 is 23.8 Å². The average molecular weight is 598 g/mol. The maximum Gasteiger partial charge on any atom is 0.343 e. The monoisotopic (exact) mass is 597 g/mol. The summed E-state index contributed by atoms with van der Waals surface area (Å²) in [5, 5.41) is 4.97. The minimum atomic E-state index is -0.547. The second kappa shape index (κ2) is 11.9. The largest absolute Gasteiger partial charge is 0.497 e. The molecule has 5 aromatic rings. The van der Waals surface area contributed by atoms with E-state index < -0.39 is 11.9 Å². The molecule has 1 aromatic heterocycles. The third-order valence-corrected chi connectivity index (χ3v) is 6.83. The number of esters is 1. The highest BCUT2D eigenvalue weighted by atomic mass is 79.9. The number of halogens is 1. The van der Waals surface area contributed by atoms with Crippen molar-refractivity contribution in [1.82, 2.24) is 10.4 Å². The molecule has 1 amide bonds. The molecule has 9 heteroatoms. The van der Waals surface area contributed by atoms with Crippen LogP contribution in [-0.4, -0.2) is 37.3 Å². The summed E-state index contributed by atoms with van der Waals surface area (Å²) in [5.41, 5.74) is 6.00. The first-order valence-corrected chi connectivity index (χ1v) is 13.0. The number of ether oxygens (including phenoxy) is 3. The van der Waals surface area contributed by atoms with E-state index in [0.717, 1.165) is 15.4 Å². The van der Waals surface area contributed by atoms with Crippen molar-refractivity contribution in [2.45, 2.75) is 0 Å². The highest BCUT2D eigenvalue weighted by Crippen LogP contribution is 2.40. The van der Waals surface area contributed by atoms with Crippen molar-refractivity contribution in [2.75, 3.05) is 14.2 Å². The molecule has 0 spiro atoms. The fourth-order valence-electron chi connectivity index (χ4n) is 4.28. The molecular formula is C31H24BrN3O5. The van der Waals surface area contributed by atoms with Crippen LogP contribution in [0, 0.1) is 0 Å². The first kappa shape index (κ1) is 26.7. The molecule has 0 radical (unpaired) electrons. The molecule has 0 saturated carbocycles. The summed E-state index contributed by atoms with van der Waals surface area (Å²) < 4.78 is 17.1. The first-order valence-electron chi connectivity index (χ1n) is 12.2. The molecule has 2 N–H and O–H groups in total. The quantitative estimate of drug-likeness (QED) is 0.0908. The van der Waals surface area contributed by atoms with Gasteiger partial charge in [0.15, 0.2) is 0 Å². The molecule has 40 heavy (non-hydrogen) atoms. The zero-order chi connectivity index (χ0) is 28.1. The number of nitrogens with one attached hydrogen (secondary N) is 2. The highest BCUT2D eigenvalue weighted by molar-refractivity contribution is 9.10. The topological polar surface area (TPSA) is 102 Å². The van der Waals surface area contributed by atoms with Crippen LogP contribution >= 0.6 is 15.9 Å². The van der Waals surface area contributed by atoms with Crippen molar-refractivity contribution in [3.05, 3.63) is 112 Å². The van der Waals surface area contributed by atoms with Crippen LogP contribution in [-0.2, 0) is 0 Å². The molecule has 0 fully saturated rings. The summed E-state index contributed by atoms with van der Waals surface area (Å²) in [5.74, 6) is 0.436. The molecule has 0 atom stereocenters. The van der Waals surface area contributed by atoms with Crippen LogP contribution in [0.15, 0.2) is 101 Å². The summed E-state index contributed by atoms with van der Waals surface area (Å²) in [6.07, 6.45) is 1.42. The molecule has 4 aromatic carbocycles. The number of benzene rings is 4. The standard InChI is InChI=1S/C31H24BrN3O5/c1-38-22-13-8-12-20(17-22)31(37)40-24-14-7-6-11-21(24)18-33-35-30(36)29-26(19-9-4-3-5-10-19)27-23(32)15-16-25(39-2)28(27)34-29/h3-18,34H,1-2H3,(H,35,36).